The van der Waals surface area contributed by atoms with Crippen LogP contribution in [0.25, 0.3) is 0 Å². The third kappa shape index (κ3) is 4.38. The van der Waals surface area contributed by atoms with E-state index in [4.69, 9.17) is 0 Å². The van der Waals surface area contributed by atoms with Crippen molar-refractivity contribution in [3.63, 3.8) is 0 Å². The van der Waals surface area contributed by atoms with Gasteiger partial charge in [-0.1, -0.05) is 32.0 Å². The average molecular weight is 291 g/mol. The van der Waals surface area contributed by atoms with Gasteiger partial charge in [0.05, 0.1) is 6.54 Å². The van der Waals surface area contributed by atoms with Crippen molar-refractivity contribution in [3.05, 3.63) is 35.6 Å². The van der Waals surface area contributed by atoms with Gasteiger partial charge in [-0.05, 0) is 29.9 Å². The Kier molecular flexibility index (Phi) is 4.76. The SMILES string of the molecule is CC1(C)CCC(=O)N(CC(=O)Cc2ccccc2F)CC1. The molecule has 1 aromatic rings. The van der Waals surface area contributed by atoms with E-state index in [-0.39, 0.29) is 35.9 Å². The Morgan fingerprint density at radius 2 is 2.00 bits per heavy atom. The standard InChI is InChI=1S/C17H22FNO2/c1-17(2)8-7-16(21)19(10-9-17)12-14(20)11-13-5-3-4-6-15(13)18/h3-6H,7-12H2,1-2H3. The quantitative estimate of drug-likeness (QED) is 0.855. The van der Waals surface area contributed by atoms with Gasteiger partial charge in [-0.15, -0.1) is 0 Å². The summed E-state index contributed by atoms with van der Waals surface area (Å²) in [5.41, 5.74) is 0.532. The number of rotatable bonds is 4. The molecule has 1 fully saturated rings. The lowest BCUT2D eigenvalue weighted by Crippen LogP contribution is -2.36. The molecular weight excluding hydrogens is 269 g/mol. The first-order chi connectivity index (χ1) is 9.87. The van der Waals surface area contributed by atoms with E-state index >= 15 is 0 Å². The molecule has 0 spiro atoms. The number of carbonyl (C=O) groups excluding carboxylic acids is 2. The first-order valence-electron chi connectivity index (χ1n) is 7.40. The van der Waals surface area contributed by atoms with E-state index in [1.807, 2.05) is 0 Å². The summed E-state index contributed by atoms with van der Waals surface area (Å²) in [5, 5.41) is 0. The van der Waals surface area contributed by atoms with Crippen molar-refractivity contribution in [3.8, 4) is 0 Å². The van der Waals surface area contributed by atoms with Gasteiger partial charge in [0, 0.05) is 19.4 Å². The Morgan fingerprint density at radius 3 is 2.71 bits per heavy atom. The van der Waals surface area contributed by atoms with Crippen molar-refractivity contribution in [1.82, 2.24) is 4.90 Å². The third-order valence-corrected chi connectivity index (χ3v) is 4.14. The van der Waals surface area contributed by atoms with Gasteiger partial charge in [0.2, 0.25) is 5.91 Å². The molecule has 0 N–H and O–H groups in total. The van der Waals surface area contributed by atoms with Gasteiger partial charge in [-0.3, -0.25) is 9.59 Å². The minimum Gasteiger partial charge on any atom is -0.335 e. The van der Waals surface area contributed by atoms with Crippen LogP contribution in [-0.2, 0) is 16.0 Å². The van der Waals surface area contributed by atoms with Crippen LogP contribution in [0, 0.1) is 11.2 Å². The lowest BCUT2D eigenvalue weighted by molar-refractivity contribution is -0.134. The van der Waals surface area contributed by atoms with E-state index in [0.29, 0.717) is 18.5 Å². The normalized spacial score (nSPS) is 18.4. The maximum Gasteiger partial charge on any atom is 0.222 e. The Labute approximate surface area is 125 Å². The fourth-order valence-corrected chi connectivity index (χ4v) is 2.58. The molecule has 114 valence electrons. The van der Waals surface area contributed by atoms with Crippen LogP contribution < -0.4 is 0 Å². The van der Waals surface area contributed by atoms with E-state index in [2.05, 4.69) is 13.8 Å². The minimum atomic E-state index is -0.367. The second-order valence-electron chi connectivity index (χ2n) is 6.54. The zero-order chi connectivity index (χ0) is 15.5. The summed E-state index contributed by atoms with van der Waals surface area (Å²) in [6.07, 6.45) is 2.27. The van der Waals surface area contributed by atoms with Crippen LogP contribution >= 0.6 is 0 Å². The molecule has 1 saturated heterocycles. The number of benzene rings is 1. The second-order valence-corrected chi connectivity index (χ2v) is 6.54. The smallest absolute Gasteiger partial charge is 0.222 e. The zero-order valence-corrected chi connectivity index (χ0v) is 12.7. The Hall–Kier alpha value is -1.71. The predicted molar refractivity (Wildman–Crippen MR) is 79.3 cm³/mol. The van der Waals surface area contributed by atoms with E-state index < -0.39 is 0 Å². The average Bonchev–Trinajstić information content (AvgIpc) is 2.55. The fraction of sp³-hybridized carbons (Fsp3) is 0.529. The minimum absolute atomic E-state index is 0.0301. The third-order valence-electron chi connectivity index (χ3n) is 4.14. The van der Waals surface area contributed by atoms with E-state index in [9.17, 15) is 14.0 Å². The summed E-state index contributed by atoms with van der Waals surface area (Å²) >= 11 is 0. The monoisotopic (exact) mass is 291 g/mol. The van der Waals surface area contributed by atoms with Crippen LogP contribution in [0.2, 0.25) is 0 Å². The number of ketones is 1. The topological polar surface area (TPSA) is 37.4 Å². The van der Waals surface area contributed by atoms with Crippen LogP contribution in [0.5, 0.6) is 0 Å². The van der Waals surface area contributed by atoms with Crippen LogP contribution in [-0.4, -0.2) is 29.7 Å². The second kappa shape index (κ2) is 6.37. The molecule has 1 aliphatic rings. The predicted octanol–water partition coefficient (Wildman–Crippen LogP) is 2.98. The maximum absolute atomic E-state index is 13.5. The summed E-state index contributed by atoms with van der Waals surface area (Å²) in [7, 11) is 0. The number of Topliss-reactive ketones (excluding diaryl/α,β-unsaturated/α-hetero) is 1. The van der Waals surface area contributed by atoms with E-state index in [0.717, 1.165) is 12.8 Å². The van der Waals surface area contributed by atoms with Gasteiger partial charge in [0.15, 0.2) is 5.78 Å². The molecule has 0 atom stereocenters. The first-order valence-corrected chi connectivity index (χ1v) is 7.40. The molecule has 2 rings (SSSR count). The molecule has 1 aliphatic heterocycles. The Morgan fingerprint density at radius 1 is 1.29 bits per heavy atom. The summed E-state index contributed by atoms with van der Waals surface area (Å²) in [6, 6.07) is 6.28. The largest absolute Gasteiger partial charge is 0.335 e. The number of nitrogens with zero attached hydrogens (tertiary/aromatic N) is 1. The molecule has 1 aromatic carbocycles. The van der Waals surface area contributed by atoms with Crippen LogP contribution in [0.3, 0.4) is 0 Å². The van der Waals surface area contributed by atoms with Crippen molar-refractivity contribution in [2.75, 3.05) is 13.1 Å². The molecule has 4 heteroatoms. The Balaban J connectivity index is 1.96. The molecule has 1 heterocycles. The molecule has 0 aliphatic carbocycles. The van der Waals surface area contributed by atoms with Gasteiger partial charge in [-0.2, -0.15) is 0 Å². The molecule has 0 saturated carbocycles. The molecule has 21 heavy (non-hydrogen) atoms. The van der Waals surface area contributed by atoms with Gasteiger partial charge in [0.1, 0.15) is 5.82 Å². The summed E-state index contributed by atoms with van der Waals surface area (Å²) < 4.78 is 13.5. The highest BCUT2D eigenvalue weighted by atomic mass is 19.1. The highest BCUT2D eigenvalue weighted by Crippen LogP contribution is 2.30. The maximum atomic E-state index is 13.5. The van der Waals surface area contributed by atoms with Crippen LogP contribution in [0.15, 0.2) is 24.3 Å². The van der Waals surface area contributed by atoms with Gasteiger partial charge in [-0.25, -0.2) is 4.39 Å². The fourth-order valence-electron chi connectivity index (χ4n) is 2.58. The number of hydrogen-bond donors (Lipinski definition) is 0. The highest BCUT2D eigenvalue weighted by Gasteiger charge is 2.28. The van der Waals surface area contributed by atoms with Gasteiger partial charge in [0.25, 0.3) is 0 Å². The van der Waals surface area contributed by atoms with E-state index in [1.54, 1.807) is 23.1 Å². The highest BCUT2D eigenvalue weighted by molar-refractivity contribution is 5.87. The number of likely N-dealkylation sites (tertiary alicyclic amines) is 1. The summed E-state index contributed by atoms with van der Waals surface area (Å²) in [5.74, 6) is -0.454. The van der Waals surface area contributed by atoms with E-state index in [1.165, 1.54) is 6.07 Å². The molecule has 3 nitrogen and oxygen atoms in total. The van der Waals surface area contributed by atoms with Gasteiger partial charge >= 0.3 is 0 Å². The van der Waals surface area contributed by atoms with Crippen molar-refractivity contribution in [2.45, 2.75) is 39.5 Å². The van der Waals surface area contributed by atoms with Crippen LogP contribution in [0.4, 0.5) is 4.39 Å². The number of amides is 1. The molecule has 0 aromatic heterocycles. The van der Waals surface area contributed by atoms with Crippen molar-refractivity contribution < 1.29 is 14.0 Å². The first kappa shape index (κ1) is 15.7. The van der Waals surface area contributed by atoms with Crippen molar-refractivity contribution >= 4 is 11.7 Å². The molecule has 0 bridgehead atoms. The number of hydrogen-bond acceptors (Lipinski definition) is 2. The zero-order valence-electron chi connectivity index (χ0n) is 12.7. The molecule has 0 unspecified atom stereocenters. The van der Waals surface area contributed by atoms with Crippen molar-refractivity contribution in [1.29, 1.82) is 0 Å². The van der Waals surface area contributed by atoms with Crippen LogP contribution in [0.1, 0.15) is 38.7 Å². The molecule has 1 amide bonds. The molecular formula is C17H22FNO2. The van der Waals surface area contributed by atoms with Crippen molar-refractivity contribution in [2.24, 2.45) is 5.41 Å². The Bertz CT molecular complexity index is 539. The number of carbonyl (C=O) groups is 2. The number of halogens is 1. The lowest BCUT2D eigenvalue weighted by atomic mass is 9.85. The molecule has 0 radical (unpaired) electrons. The van der Waals surface area contributed by atoms with Gasteiger partial charge < -0.3 is 4.90 Å². The summed E-state index contributed by atoms with van der Waals surface area (Å²) in [4.78, 5) is 25.8. The summed E-state index contributed by atoms with van der Waals surface area (Å²) in [6.45, 7) is 4.98. The lowest BCUT2D eigenvalue weighted by Gasteiger charge is -2.23.